The van der Waals surface area contributed by atoms with Gasteiger partial charge in [-0.25, -0.2) is 13.4 Å². The molecule has 1 aromatic heterocycles. The van der Waals surface area contributed by atoms with Gasteiger partial charge in [-0.2, -0.15) is 0 Å². The van der Waals surface area contributed by atoms with Crippen LogP contribution in [0.1, 0.15) is 30.5 Å². The molecule has 0 saturated carbocycles. The number of carbonyl (C=O) groups excluding carboxylic acids is 1. The molecule has 2 heterocycles. The molecule has 1 atom stereocenters. The van der Waals surface area contributed by atoms with Crippen molar-refractivity contribution in [3.8, 4) is 5.88 Å². The number of nitrogens with one attached hydrogen (secondary N) is 1. The normalized spacial score (nSPS) is 17.4. The van der Waals surface area contributed by atoms with Gasteiger partial charge in [0.25, 0.3) is 0 Å². The Kier molecular flexibility index (Phi) is 7.22. The highest BCUT2D eigenvalue weighted by molar-refractivity contribution is 7.91. The molecular weight excluding hydrogens is 390 g/mol. The van der Waals surface area contributed by atoms with E-state index in [1.165, 1.54) is 0 Å². The Hall–Kier alpha value is -2.45. The standard InChI is InChI=1S/C21H27N3O4S/c1-2-13-28-21-18(9-6-10-22-21)16-23-20(25)19(17-7-4-3-5-8-17)24-11-14-29(26,27)15-12-24/h3-10,19H,2,11-16H2,1H3,(H,23,25). The van der Waals surface area contributed by atoms with Gasteiger partial charge in [-0.1, -0.05) is 43.3 Å². The summed E-state index contributed by atoms with van der Waals surface area (Å²) >= 11 is 0. The summed E-state index contributed by atoms with van der Waals surface area (Å²) in [6, 6.07) is 12.6. The lowest BCUT2D eigenvalue weighted by Gasteiger charge is -2.33. The van der Waals surface area contributed by atoms with Crippen molar-refractivity contribution in [3.05, 3.63) is 59.8 Å². The van der Waals surface area contributed by atoms with E-state index in [0.29, 0.717) is 32.1 Å². The summed E-state index contributed by atoms with van der Waals surface area (Å²) in [5.41, 5.74) is 1.65. The molecule has 1 amide bonds. The Morgan fingerprint density at radius 1 is 1.17 bits per heavy atom. The van der Waals surface area contributed by atoms with Crippen LogP contribution in [-0.2, 0) is 21.2 Å². The van der Waals surface area contributed by atoms with Gasteiger partial charge in [0.15, 0.2) is 9.84 Å². The van der Waals surface area contributed by atoms with Crippen molar-refractivity contribution in [2.45, 2.75) is 25.9 Å². The highest BCUT2D eigenvalue weighted by atomic mass is 32.2. The monoisotopic (exact) mass is 417 g/mol. The molecule has 0 radical (unpaired) electrons. The fourth-order valence-corrected chi connectivity index (χ4v) is 4.54. The second-order valence-electron chi connectivity index (χ2n) is 7.03. The van der Waals surface area contributed by atoms with Crippen LogP contribution in [0.15, 0.2) is 48.7 Å². The molecular formula is C21H27N3O4S. The Bertz CT molecular complexity index is 905. The van der Waals surface area contributed by atoms with E-state index in [1.807, 2.05) is 54.3 Å². The number of hydrogen-bond donors (Lipinski definition) is 1. The summed E-state index contributed by atoms with van der Waals surface area (Å²) in [6.07, 6.45) is 2.54. The third-order valence-corrected chi connectivity index (χ3v) is 6.46. The molecule has 1 aliphatic heterocycles. The summed E-state index contributed by atoms with van der Waals surface area (Å²) in [4.78, 5) is 19.3. The number of carbonyl (C=O) groups is 1. The van der Waals surface area contributed by atoms with Crippen LogP contribution in [0.25, 0.3) is 0 Å². The lowest BCUT2D eigenvalue weighted by atomic mass is 10.0. The minimum atomic E-state index is -3.03. The van der Waals surface area contributed by atoms with Gasteiger partial charge < -0.3 is 10.1 Å². The van der Waals surface area contributed by atoms with E-state index >= 15 is 0 Å². The predicted molar refractivity (Wildman–Crippen MR) is 111 cm³/mol. The first kappa shape index (κ1) is 21.3. The molecule has 0 aliphatic carbocycles. The largest absolute Gasteiger partial charge is 0.477 e. The van der Waals surface area contributed by atoms with E-state index < -0.39 is 15.9 Å². The van der Waals surface area contributed by atoms with Crippen LogP contribution in [0, 0.1) is 0 Å². The second-order valence-corrected chi connectivity index (χ2v) is 9.34. The molecule has 0 bridgehead atoms. The molecule has 3 rings (SSSR count). The molecule has 1 unspecified atom stereocenters. The third-order valence-electron chi connectivity index (χ3n) is 4.85. The topological polar surface area (TPSA) is 88.6 Å². The Morgan fingerprint density at radius 2 is 1.90 bits per heavy atom. The van der Waals surface area contributed by atoms with Gasteiger partial charge in [-0.15, -0.1) is 0 Å². The molecule has 156 valence electrons. The van der Waals surface area contributed by atoms with Crippen LogP contribution in [0.4, 0.5) is 0 Å². The van der Waals surface area contributed by atoms with E-state index in [4.69, 9.17) is 4.74 Å². The number of nitrogens with zero attached hydrogens (tertiary/aromatic N) is 2. The van der Waals surface area contributed by atoms with E-state index in [2.05, 4.69) is 10.3 Å². The highest BCUT2D eigenvalue weighted by Gasteiger charge is 2.32. The zero-order valence-corrected chi connectivity index (χ0v) is 17.4. The minimum absolute atomic E-state index is 0.0707. The van der Waals surface area contributed by atoms with Gasteiger partial charge in [-0.05, 0) is 18.1 Å². The number of ether oxygens (including phenoxy) is 1. The SMILES string of the molecule is CCCOc1ncccc1CNC(=O)C(c1ccccc1)N1CCS(=O)(=O)CC1. The van der Waals surface area contributed by atoms with Crippen LogP contribution in [0.2, 0.25) is 0 Å². The van der Waals surface area contributed by atoms with Crippen molar-refractivity contribution in [3.63, 3.8) is 0 Å². The minimum Gasteiger partial charge on any atom is -0.477 e. The maximum atomic E-state index is 13.1. The van der Waals surface area contributed by atoms with Gasteiger partial charge in [0, 0.05) is 31.4 Å². The summed E-state index contributed by atoms with van der Waals surface area (Å²) in [6.45, 7) is 3.56. The average molecular weight is 418 g/mol. The third kappa shape index (κ3) is 5.77. The van der Waals surface area contributed by atoms with Crippen molar-refractivity contribution in [1.29, 1.82) is 0 Å². The Labute approximate surface area is 172 Å². The molecule has 1 fully saturated rings. The molecule has 1 saturated heterocycles. The first-order valence-electron chi connectivity index (χ1n) is 9.84. The molecule has 7 nitrogen and oxygen atoms in total. The number of pyridine rings is 1. The number of hydrogen-bond acceptors (Lipinski definition) is 6. The lowest BCUT2D eigenvalue weighted by Crippen LogP contribution is -2.47. The zero-order chi connectivity index (χ0) is 20.7. The summed E-state index contributed by atoms with van der Waals surface area (Å²) in [5, 5.41) is 2.98. The van der Waals surface area contributed by atoms with Crippen LogP contribution >= 0.6 is 0 Å². The zero-order valence-electron chi connectivity index (χ0n) is 16.6. The molecule has 1 aliphatic rings. The quantitative estimate of drug-likeness (QED) is 0.706. The lowest BCUT2D eigenvalue weighted by molar-refractivity contribution is -0.126. The molecule has 1 aromatic carbocycles. The molecule has 8 heteroatoms. The first-order valence-corrected chi connectivity index (χ1v) is 11.7. The molecule has 0 spiro atoms. The van der Waals surface area contributed by atoms with Gasteiger partial charge in [0.05, 0.1) is 18.1 Å². The van der Waals surface area contributed by atoms with Gasteiger partial charge in [-0.3, -0.25) is 9.69 Å². The maximum Gasteiger partial charge on any atom is 0.242 e. The van der Waals surface area contributed by atoms with Crippen molar-refractivity contribution in [1.82, 2.24) is 15.2 Å². The number of rotatable bonds is 8. The second kappa shape index (κ2) is 9.84. The van der Waals surface area contributed by atoms with Crippen LogP contribution in [-0.4, -0.2) is 55.4 Å². The van der Waals surface area contributed by atoms with Crippen LogP contribution < -0.4 is 10.1 Å². The number of benzene rings is 1. The van der Waals surface area contributed by atoms with E-state index in [0.717, 1.165) is 17.5 Å². The van der Waals surface area contributed by atoms with E-state index in [-0.39, 0.29) is 17.4 Å². The fraction of sp³-hybridized carbons (Fsp3) is 0.429. The summed E-state index contributed by atoms with van der Waals surface area (Å²) in [7, 11) is -3.03. The predicted octanol–water partition coefficient (Wildman–Crippen LogP) is 1.96. The van der Waals surface area contributed by atoms with Crippen LogP contribution in [0.3, 0.4) is 0 Å². The van der Waals surface area contributed by atoms with Crippen molar-refractivity contribution >= 4 is 15.7 Å². The van der Waals surface area contributed by atoms with Crippen molar-refractivity contribution in [2.24, 2.45) is 0 Å². The van der Waals surface area contributed by atoms with E-state index in [1.54, 1.807) is 6.20 Å². The number of sulfone groups is 1. The molecule has 29 heavy (non-hydrogen) atoms. The first-order chi connectivity index (χ1) is 14.0. The highest BCUT2D eigenvalue weighted by Crippen LogP contribution is 2.24. The summed E-state index contributed by atoms with van der Waals surface area (Å²) in [5.74, 6) is 0.499. The molecule has 1 N–H and O–H groups in total. The fourth-order valence-electron chi connectivity index (χ4n) is 3.31. The van der Waals surface area contributed by atoms with Gasteiger partial charge in [0.1, 0.15) is 6.04 Å². The number of amides is 1. The summed E-state index contributed by atoms with van der Waals surface area (Å²) < 4.78 is 29.3. The van der Waals surface area contributed by atoms with Crippen LogP contribution in [0.5, 0.6) is 5.88 Å². The van der Waals surface area contributed by atoms with Gasteiger partial charge in [0.2, 0.25) is 11.8 Å². The number of aromatic nitrogens is 1. The maximum absolute atomic E-state index is 13.1. The van der Waals surface area contributed by atoms with Gasteiger partial charge >= 0.3 is 0 Å². The Morgan fingerprint density at radius 3 is 2.59 bits per heavy atom. The smallest absolute Gasteiger partial charge is 0.242 e. The molecule has 2 aromatic rings. The Balaban J connectivity index is 1.74. The average Bonchev–Trinajstić information content (AvgIpc) is 2.73. The van der Waals surface area contributed by atoms with Crippen molar-refractivity contribution < 1.29 is 17.9 Å². The van der Waals surface area contributed by atoms with Crippen molar-refractivity contribution in [2.75, 3.05) is 31.2 Å². The van der Waals surface area contributed by atoms with E-state index in [9.17, 15) is 13.2 Å².